The van der Waals surface area contributed by atoms with Gasteiger partial charge in [-0.25, -0.2) is 0 Å². The van der Waals surface area contributed by atoms with Crippen molar-refractivity contribution >= 4 is 0 Å². The van der Waals surface area contributed by atoms with Crippen LogP contribution in [-0.2, 0) is 9.68 Å². The van der Waals surface area contributed by atoms with Crippen LogP contribution in [0, 0.1) is 0 Å². The SMILES string of the molecule is CCCCCCCCCCCCCCCCCCCCCCCCCCCCCCN(OCCO)OCCO. The highest BCUT2D eigenvalue weighted by Gasteiger charge is 2.05. The highest BCUT2D eigenvalue weighted by molar-refractivity contribution is 4.52. The maximum absolute atomic E-state index is 8.86. The summed E-state index contributed by atoms with van der Waals surface area (Å²) in [6, 6.07) is 0. The molecule has 0 aliphatic rings. The standard InChI is InChI=1S/C34H71NO4/c1-2-3-4-5-6-7-8-9-10-11-12-13-14-15-16-17-18-19-20-21-22-23-24-25-26-27-28-29-30-35(38-33-31-36)39-34-32-37/h36-37H,2-34H2,1H3. The second kappa shape index (κ2) is 35.8. The smallest absolute Gasteiger partial charge is 0.0942 e. The second-order valence-electron chi connectivity index (χ2n) is 11.7. The highest BCUT2D eigenvalue weighted by atomic mass is 16.9. The van der Waals surface area contributed by atoms with Gasteiger partial charge in [0, 0.05) is 0 Å². The Morgan fingerprint density at radius 2 is 0.590 bits per heavy atom. The van der Waals surface area contributed by atoms with Crippen LogP contribution in [0.4, 0.5) is 0 Å². The van der Waals surface area contributed by atoms with E-state index in [2.05, 4.69) is 6.92 Å². The lowest BCUT2D eigenvalue weighted by molar-refractivity contribution is -0.371. The van der Waals surface area contributed by atoms with E-state index < -0.39 is 0 Å². The molecule has 2 N–H and O–H groups in total. The summed E-state index contributed by atoms with van der Waals surface area (Å²) < 4.78 is 0. The first-order chi connectivity index (χ1) is 19.3. The Morgan fingerprint density at radius 1 is 0.359 bits per heavy atom. The number of hydrogen-bond donors (Lipinski definition) is 2. The molecule has 0 heterocycles. The van der Waals surface area contributed by atoms with Crippen molar-refractivity contribution in [2.45, 2.75) is 187 Å². The fourth-order valence-corrected chi connectivity index (χ4v) is 5.36. The van der Waals surface area contributed by atoms with Crippen LogP contribution < -0.4 is 0 Å². The summed E-state index contributed by atoms with van der Waals surface area (Å²) in [6.45, 7) is 3.37. The van der Waals surface area contributed by atoms with E-state index in [1.165, 1.54) is 179 Å². The largest absolute Gasteiger partial charge is 0.394 e. The van der Waals surface area contributed by atoms with Crippen LogP contribution in [0.2, 0.25) is 0 Å². The maximum atomic E-state index is 8.86. The second-order valence-corrected chi connectivity index (χ2v) is 11.7. The van der Waals surface area contributed by atoms with Gasteiger partial charge < -0.3 is 10.2 Å². The summed E-state index contributed by atoms with van der Waals surface area (Å²) >= 11 is 0. The van der Waals surface area contributed by atoms with E-state index in [0.717, 1.165) is 6.42 Å². The lowest BCUT2D eigenvalue weighted by Crippen LogP contribution is -2.28. The summed E-state index contributed by atoms with van der Waals surface area (Å²) in [6.07, 6.45) is 39.4. The molecule has 5 nitrogen and oxygen atoms in total. The maximum Gasteiger partial charge on any atom is 0.0942 e. The summed E-state index contributed by atoms with van der Waals surface area (Å²) in [5, 5.41) is 19.1. The van der Waals surface area contributed by atoms with Crippen molar-refractivity contribution in [2.24, 2.45) is 0 Å². The number of unbranched alkanes of at least 4 members (excludes halogenated alkanes) is 27. The van der Waals surface area contributed by atoms with Gasteiger partial charge in [0.15, 0.2) is 0 Å². The van der Waals surface area contributed by atoms with E-state index in [1.54, 1.807) is 0 Å². The molecule has 0 rings (SSSR count). The lowest BCUT2D eigenvalue weighted by atomic mass is 10.0. The molecule has 236 valence electrons. The number of aliphatic hydroxyl groups excluding tert-OH is 2. The molecule has 0 fully saturated rings. The van der Waals surface area contributed by atoms with Gasteiger partial charge in [-0.2, -0.15) is 0 Å². The molecule has 0 aromatic heterocycles. The fourth-order valence-electron chi connectivity index (χ4n) is 5.36. The van der Waals surface area contributed by atoms with Crippen LogP contribution in [0.3, 0.4) is 0 Å². The van der Waals surface area contributed by atoms with Crippen LogP contribution in [-0.4, -0.2) is 48.4 Å². The van der Waals surface area contributed by atoms with Crippen molar-refractivity contribution in [2.75, 3.05) is 33.0 Å². The molecule has 0 saturated carbocycles. The van der Waals surface area contributed by atoms with E-state index in [4.69, 9.17) is 19.9 Å². The van der Waals surface area contributed by atoms with Gasteiger partial charge in [-0.3, -0.25) is 9.68 Å². The Morgan fingerprint density at radius 3 is 0.821 bits per heavy atom. The molecule has 39 heavy (non-hydrogen) atoms. The molecule has 0 aliphatic carbocycles. The van der Waals surface area contributed by atoms with Gasteiger partial charge in [-0.05, 0) is 6.42 Å². The number of aliphatic hydroxyl groups is 2. The molecule has 0 spiro atoms. The van der Waals surface area contributed by atoms with Crippen LogP contribution >= 0.6 is 0 Å². The molecule has 0 unspecified atom stereocenters. The quantitative estimate of drug-likeness (QED) is 0.0599. The zero-order valence-electron chi connectivity index (χ0n) is 26.5. The van der Waals surface area contributed by atoms with E-state index >= 15 is 0 Å². The lowest BCUT2D eigenvalue weighted by Gasteiger charge is -2.20. The van der Waals surface area contributed by atoms with Gasteiger partial charge in [-0.15, -0.1) is 0 Å². The Labute approximate surface area is 244 Å². The number of nitrogens with zero attached hydrogens (tertiary/aromatic N) is 1. The first kappa shape index (κ1) is 38.8. The van der Waals surface area contributed by atoms with Gasteiger partial charge in [0.05, 0.1) is 33.0 Å². The van der Waals surface area contributed by atoms with Crippen molar-refractivity contribution in [3.05, 3.63) is 0 Å². The van der Waals surface area contributed by atoms with E-state index in [1.807, 2.05) is 0 Å². The molecule has 0 bridgehead atoms. The van der Waals surface area contributed by atoms with Crippen molar-refractivity contribution < 1.29 is 19.9 Å². The van der Waals surface area contributed by atoms with Crippen LogP contribution in [0.25, 0.3) is 0 Å². The third-order valence-electron chi connectivity index (χ3n) is 7.85. The summed E-state index contributed by atoms with van der Waals surface area (Å²) in [7, 11) is 0. The Balaban J connectivity index is 3.16. The van der Waals surface area contributed by atoms with Gasteiger partial charge in [-0.1, -0.05) is 186 Å². The Bertz CT molecular complexity index is 416. The topological polar surface area (TPSA) is 62.2 Å². The molecule has 0 aliphatic heterocycles. The van der Waals surface area contributed by atoms with Crippen molar-refractivity contribution in [1.82, 2.24) is 5.23 Å². The minimum Gasteiger partial charge on any atom is -0.394 e. The average Bonchev–Trinajstić information content (AvgIpc) is 2.95. The first-order valence-electron chi connectivity index (χ1n) is 17.6. The van der Waals surface area contributed by atoms with Crippen LogP contribution in [0.1, 0.15) is 187 Å². The van der Waals surface area contributed by atoms with E-state index in [-0.39, 0.29) is 26.4 Å². The Hall–Kier alpha value is -0.200. The Kier molecular flexibility index (Phi) is 35.6. The fraction of sp³-hybridized carbons (Fsp3) is 1.00. The van der Waals surface area contributed by atoms with Gasteiger partial charge >= 0.3 is 0 Å². The molecule has 0 saturated heterocycles. The number of hydroxylamine groups is 2. The average molecular weight is 558 g/mol. The zero-order chi connectivity index (χ0) is 28.3. The van der Waals surface area contributed by atoms with Gasteiger partial charge in [0.2, 0.25) is 0 Å². The minimum absolute atomic E-state index is 0.0292. The zero-order valence-corrected chi connectivity index (χ0v) is 26.5. The third-order valence-corrected chi connectivity index (χ3v) is 7.85. The normalized spacial score (nSPS) is 11.7. The molecule has 0 aromatic carbocycles. The molecule has 5 heteroatoms. The predicted octanol–water partition coefficient (Wildman–Crippen LogP) is 10.1. The third kappa shape index (κ3) is 33.9. The van der Waals surface area contributed by atoms with Crippen LogP contribution in [0.15, 0.2) is 0 Å². The first-order valence-corrected chi connectivity index (χ1v) is 17.6. The summed E-state index contributed by atoms with van der Waals surface area (Å²) in [4.78, 5) is 10.6. The highest BCUT2D eigenvalue weighted by Crippen LogP contribution is 2.16. The monoisotopic (exact) mass is 558 g/mol. The molecule has 0 amide bonds. The molecular weight excluding hydrogens is 486 g/mol. The summed E-state index contributed by atoms with van der Waals surface area (Å²) in [5.74, 6) is 0. The van der Waals surface area contributed by atoms with E-state index in [0.29, 0.717) is 6.54 Å². The molecule has 0 aromatic rings. The predicted molar refractivity (Wildman–Crippen MR) is 168 cm³/mol. The van der Waals surface area contributed by atoms with E-state index in [9.17, 15) is 0 Å². The van der Waals surface area contributed by atoms with Crippen molar-refractivity contribution in [3.8, 4) is 0 Å². The summed E-state index contributed by atoms with van der Waals surface area (Å²) in [5.41, 5.74) is 0. The minimum atomic E-state index is -0.0292. The van der Waals surface area contributed by atoms with Gasteiger partial charge in [0.25, 0.3) is 0 Å². The molecule has 0 atom stereocenters. The van der Waals surface area contributed by atoms with Crippen molar-refractivity contribution in [1.29, 1.82) is 0 Å². The number of rotatable bonds is 35. The van der Waals surface area contributed by atoms with Gasteiger partial charge in [0.1, 0.15) is 0 Å². The van der Waals surface area contributed by atoms with Crippen molar-refractivity contribution in [3.63, 3.8) is 0 Å². The van der Waals surface area contributed by atoms with Crippen LogP contribution in [0.5, 0.6) is 0 Å². The molecular formula is C34H71NO4. The molecule has 0 radical (unpaired) electrons. The number of hydrogen-bond acceptors (Lipinski definition) is 5.